The zero-order valence-electron chi connectivity index (χ0n) is 17.0. The fourth-order valence-electron chi connectivity index (χ4n) is 3.36. The number of aromatic nitrogens is 3. The Labute approximate surface area is 170 Å². The topological polar surface area (TPSA) is 127 Å². The molecule has 0 fully saturated rings. The molecule has 0 saturated carbocycles. The molecule has 0 amide bonds. The Morgan fingerprint density at radius 2 is 2.03 bits per heavy atom. The van der Waals surface area contributed by atoms with Gasteiger partial charge in [0.25, 0.3) is 0 Å². The molecule has 8 heteroatoms. The zero-order chi connectivity index (χ0) is 20.8. The number of nitrogens with zero attached hydrogens (tertiary/aromatic N) is 3. The van der Waals surface area contributed by atoms with Crippen molar-refractivity contribution in [3.8, 4) is 5.69 Å². The van der Waals surface area contributed by atoms with Crippen LogP contribution in [0.4, 0.5) is 0 Å². The molecular formula is C21H29N7O. The highest BCUT2D eigenvalue weighted by atomic mass is 16.1. The molecule has 1 aromatic carbocycles. The van der Waals surface area contributed by atoms with E-state index >= 15 is 0 Å². The number of guanidine groups is 1. The van der Waals surface area contributed by atoms with Crippen LogP contribution in [-0.4, -0.2) is 33.6 Å². The minimum atomic E-state index is -0.292. The van der Waals surface area contributed by atoms with Crippen molar-refractivity contribution in [2.75, 3.05) is 13.1 Å². The van der Waals surface area contributed by atoms with Gasteiger partial charge in [0.15, 0.2) is 5.96 Å². The average molecular weight is 396 g/mol. The summed E-state index contributed by atoms with van der Waals surface area (Å²) in [5, 5.41) is 4.46. The maximum atomic E-state index is 12.4. The van der Waals surface area contributed by atoms with E-state index in [1.807, 2.05) is 24.4 Å². The van der Waals surface area contributed by atoms with E-state index in [4.69, 9.17) is 11.5 Å². The lowest BCUT2D eigenvalue weighted by atomic mass is 10.0. The van der Waals surface area contributed by atoms with E-state index in [-0.39, 0.29) is 17.7 Å². The van der Waals surface area contributed by atoms with Gasteiger partial charge >= 0.3 is 5.69 Å². The van der Waals surface area contributed by atoms with Crippen molar-refractivity contribution >= 4 is 17.0 Å². The molecule has 0 aliphatic rings. The van der Waals surface area contributed by atoms with Crippen molar-refractivity contribution < 1.29 is 0 Å². The number of aromatic amines is 1. The Morgan fingerprint density at radius 1 is 1.28 bits per heavy atom. The van der Waals surface area contributed by atoms with Crippen LogP contribution in [0, 0.1) is 0 Å². The molecule has 154 valence electrons. The second-order valence-electron chi connectivity index (χ2n) is 7.01. The summed E-state index contributed by atoms with van der Waals surface area (Å²) in [6, 6.07) is 10.3. The zero-order valence-corrected chi connectivity index (χ0v) is 17.0. The van der Waals surface area contributed by atoms with Crippen LogP contribution in [0.15, 0.2) is 46.3 Å². The first kappa shape index (κ1) is 20.6. The Hall–Kier alpha value is -3.13. The van der Waals surface area contributed by atoms with Gasteiger partial charge in [0.1, 0.15) is 5.65 Å². The van der Waals surface area contributed by atoms with Crippen molar-refractivity contribution in [1.82, 2.24) is 19.9 Å². The maximum Gasteiger partial charge on any atom is 0.354 e. The molecule has 0 spiro atoms. The van der Waals surface area contributed by atoms with Gasteiger partial charge in [-0.05, 0) is 49.6 Å². The monoisotopic (exact) mass is 395 g/mol. The SMILES string of the molecule is CCc1cc2cn(-c3ccc(C(CC)NCCCN=C(N)N)cc3)c(=O)nc2[nH]1. The Bertz CT molecular complexity index is 1030. The largest absolute Gasteiger partial charge is 0.370 e. The van der Waals surface area contributed by atoms with E-state index in [1.54, 1.807) is 4.57 Å². The summed E-state index contributed by atoms with van der Waals surface area (Å²) >= 11 is 0. The summed E-state index contributed by atoms with van der Waals surface area (Å²) in [5.41, 5.74) is 14.1. The molecule has 1 atom stereocenters. The van der Waals surface area contributed by atoms with Crippen molar-refractivity contribution in [2.45, 2.75) is 39.2 Å². The number of aliphatic imine (C=N–C) groups is 1. The Kier molecular flexibility index (Phi) is 6.66. The molecule has 3 aromatic rings. The molecule has 2 aromatic heterocycles. The van der Waals surface area contributed by atoms with Crippen LogP contribution in [0.5, 0.6) is 0 Å². The smallest absolute Gasteiger partial charge is 0.354 e. The van der Waals surface area contributed by atoms with Gasteiger partial charge in [0.2, 0.25) is 0 Å². The first-order valence-corrected chi connectivity index (χ1v) is 10.0. The second-order valence-corrected chi connectivity index (χ2v) is 7.01. The third-order valence-corrected chi connectivity index (χ3v) is 4.95. The molecule has 0 radical (unpaired) electrons. The maximum absolute atomic E-state index is 12.4. The van der Waals surface area contributed by atoms with Crippen LogP contribution < -0.4 is 22.5 Å². The van der Waals surface area contributed by atoms with Crippen molar-refractivity contribution in [3.63, 3.8) is 0 Å². The van der Waals surface area contributed by atoms with Crippen LogP contribution in [0.3, 0.4) is 0 Å². The lowest BCUT2D eigenvalue weighted by Crippen LogP contribution is -2.25. The number of aryl methyl sites for hydroxylation is 1. The predicted octanol–water partition coefficient (Wildman–Crippen LogP) is 1.98. The quantitative estimate of drug-likeness (QED) is 0.250. The number of rotatable bonds is 9. The Morgan fingerprint density at radius 3 is 2.69 bits per heavy atom. The first-order chi connectivity index (χ1) is 14.0. The Balaban J connectivity index is 1.73. The molecule has 8 nitrogen and oxygen atoms in total. The van der Waals surface area contributed by atoms with Crippen molar-refractivity contribution in [3.05, 3.63) is 58.3 Å². The van der Waals surface area contributed by atoms with E-state index in [0.717, 1.165) is 42.6 Å². The number of hydrogen-bond donors (Lipinski definition) is 4. The molecule has 0 saturated heterocycles. The summed E-state index contributed by atoms with van der Waals surface area (Å²) in [4.78, 5) is 23.8. The fourth-order valence-corrected chi connectivity index (χ4v) is 3.36. The molecule has 0 aliphatic heterocycles. The standard InChI is InChI=1S/C21H29N7O/c1-3-16-12-15-13-28(21(29)27-19(15)26-16)17-8-6-14(7-9-17)18(4-2)24-10-5-11-25-20(22)23/h6-9,12-13,18,24H,3-5,10-11H2,1-2H3,(H4,22,23,25)(H,26,27,29). The van der Waals surface area contributed by atoms with Crippen LogP contribution in [0.1, 0.15) is 44.0 Å². The highest BCUT2D eigenvalue weighted by Gasteiger charge is 2.10. The van der Waals surface area contributed by atoms with E-state index in [1.165, 1.54) is 5.56 Å². The van der Waals surface area contributed by atoms with Crippen molar-refractivity contribution in [1.29, 1.82) is 0 Å². The number of fused-ring (bicyclic) bond motifs is 1. The lowest BCUT2D eigenvalue weighted by Gasteiger charge is -2.18. The summed E-state index contributed by atoms with van der Waals surface area (Å²) in [6.07, 6.45) is 4.54. The van der Waals surface area contributed by atoms with Crippen LogP contribution in [0.2, 0.25) is 0 Å². The average Bonchev–Trinajstić information content (AvgIpc) is 3.12. The molecule has 0 bridgehead atoms. The van der Waals surface area contributed by atoms with Gasteiger partial charge in [-0.2, -0.15) is 4.98 Å². The predicted molar refractivity (Wildman–Crippen MR) is 117 cm³/mol. The number of hydrogen-bond acceptors (Lipinski definition) is 4. The molecule has 6 N–H and O–H groups in total. The lowest BCUT2D eigenvalue weighted by molar-refractivity contribution is 0.513. The summed E-state index contributed by atoms with van der Waals surface area (Å²) < 4.78 is 1.59. The second kappa shape index (κ2) is 9.38. The third kappa shape index (κ3) is 5.03. The van der Waals surface area contributed by atoms with Crippen LogP contribution in [0.25, 0.3) is 16.7 Å². The fraction of sp³-hybridized carbons (Fsp3) is 0.381. The van der Waals surface area contributed by atoms with Crippen molar-refractivity contribution in [2.24, 2.45) is 16.5 Å². The third-order valence-electron chi connectivity index (χ3n) is 4.95. The number of benzene rings is 1. The molecule has 29 heavy (non-hydrogen) atoms. The summed E-state index contributed by atoms with van der Waals surface area (Å²) in [6.45, 7) is 5.64. The minimum Gasteiger partial charge on any atom is -0.370 e. The van der Waals surface area contributed by atoms with Gasteiger partial charge in [-0.25, -0.2) is 4.79 Å². The molecule has 1 unspecified atom stereocenters. The van der Waals surface area contributed by atoms with E-state index < -0.39 is 0 Å². The number of H-pyrrole nitrogens is 1. The molecular weight excluding hydrogens is 366 g/mol. The van der Waals surface area contributed by atoms with Crippen LogP contribution >= 0.6 is 0 Å². The normalized spacial score (nSPS) is 12.2. The molecule has 2 heterocycles. The van der Waals surface area contributed by atoms with Crippen LogP contribution in [-0.2, 0) is 6.42 Å². The van der Waals surface area contributed by atoms with Gasteiger partial charge in [-0.3, -0.25) is 9.56 Å². The minimum absolute atomic E-state index is 0.126. The van der Waals surface area contributed by atoms with Gasteiger partial charge < -0.3 is 21.8 Å². The number of nitrogens with one attached hydrogen (secondary N) is 2. The number of nitrogens with two attached hydrogens (primary N) is 2. The highest BCUT2D eigenvalue weighted by Crippen LogP contribution is 2.19. The van der Waals surface area contributed by atoms with Gasteiger partial charge in [-0.15, -0.1) is 0 Å². The first-order valence-electron chi connectivity index (χ1n) is 10.0. The van der Waals surface area contributed by atoms with E-state index in [9.17, 15) is 4.79 Å². The van der Waals surface area contributed by atoms with Gasteiger partial charge in [-0.1, -0.05) is 26.0 Å². The van der Waals surface area contributed by atoms with Gasteiger partial charge in [0, 0.05) is 29.9 Å². The summed E-state index contributed by atoms with van der Waals surface area (Å²) in [7, 11) is 0. The summed E-state index contributed by atoms with van der Waals surface area (Å²) in [5.74, 6) is 0.126. The molecule has 3 rings (SSSR count). The van der Waals surface area contributed by atoms with E-state index in [0.29, 0.717) is 12.2 Å². The van der Waals surface area contributed by atoms with E-state index in [2.05, 4.69) is 46.3 Å². The molecule has 0 aliphatic carbocycles. The highest BCUT2D eigenvalue weighted by molar-refractivity contribution is 5.76. The van der Waals surface area contributed by atoms with Gasteiger partial charge in [0.05, 0.1) is 5.69 Å².